The van der Waals surface area contributed by atoms with Gasteiger partial charge in [-0.3, -0.25) is 9.59 Å². The smallest absolute Gasteiger partial charge is 0.305 e. The number of aliphatic hydroxyl groups is 2. The van der Waals surface area contributed by atoms with Crippen LogP contribution in [0.1, 0.15) is 335 Å². The highest BCUT2D eigenvalue weighted by atomic mass is 16.5. The van der Waals surface area contributed by atoms with Crippen molar-refractivity contribution >= 4 is 11.9 Å². The standard InChI is InChI=1S/C62H119NO5/c1-3-5-7-9-11-13-15-32-36-40-44-48-52-56-62(67)68-57-53-49-45-41-37-34-31-29-27-25-23-21-19-17-16-18-20-22-24-26-28-30-33-35-39-43-47-51-55-61(66)63-59(58-64)60(65)54-50-46-42-38-14-12-10-8-6-4-2/h13,15-17,59-60,64-65H,3-12,14,18-58H2,1-2H3,(H,63,66)/b15-13-,17-16-. The second-order valence-electron chi connectivity index (χ2n) is 21.0. The Morgan fingerprint density at radius 2 is 0.691 bits per heavy atom. The summed E-state index contributed by atoms with van der Waals surface area (Å²) in [5.74, 6) is -0.0291. The molecule has 3 N–H and O–H groups in total. The summed E-state index contributed by atoms with van der Waals surface area (Å²) in [4.78, 5) is 24.4. The molecule has 0 spiro atoms. The van der Waals surface area contributed by atoms with Crippen molar-refractivity contribution in [1.29, 1.82) is 0 Å². The van der Waals surface area contributed by atoms with Crippen LogP contribution in [0.2, 0.25) is 0 Å². The fourth-order valence-corrected chi connectivity index (χ4v) is 9.51. The van der Waals surface area contributed by atoms with Crippen molar-refractivity contribution in [3.8, 4) is 0 Å². The van der Waals surface area contributed by atoms with E-state index in [1.165, 1.54) is 257 Å². The number of unbranched alkanes of at least 4 members (excludes halogenated alkanes) is 42. The van der Waals surface area contributed by atoms with E-state index in [-0.39, 0.29) is 18.5 Å². The maximum atomic E-state index is 12.4. The Morgan fingerprint density at radius 1 is 0.397 bits per heavy atom. The zero-order chi connectivity index (χ0) is 49.3. The van der Waals surface area contributed by atoms with Crippen LogP contribution >= 0.6 is 0 Å². The maximum absolute atomic E-state index is 12.4. The quantitative estimate of drug-likeness (QED) is 0.0321. The Kier molecular flexibility index (Phi) is 56.5. The first-order valence-electron chi connectivity index (χ1n) is 30.6. The number of aliphatic hydroxyl groups excluding tert-OH is 2. The number of hydrogen-bond acceptors (Lipinski definition) is 5. The first-order chi connectivity index (χ1) is 33.5. The van der Waals surface area contributed by atoms with Gasteiger partial charge < -0.3 is 20.3 Å². The number of nitrogens with one attached hydrogen (secondary N) is 1. The molecule has 2 unspecified atom stereocenters. The highest BCUT2D eigenvalue weighted by Gasteiger charge is 2.20. The minimum Gasteiger partial charge on any atom is -0.466 e. The lowest BCUT2D eigenvalue weighted by molar-refractivity contribution is -0.143. The number of amides is 1. The average Bonchev–Trinajstić information content (AvgIpc) is 3.34. The van der Waals surface area contributed by atoms with Crippen LogP contribution in [-0.2, 0) is 14.3 Å². The van der Waals surface area contributed by atoms with E-state index >= 15 is 0 Å². The monoisotopic (exact) mass is 958 g/mol. The van der Waals surface area contributed by atoms with Gasteiger partial charge in [-0.05, 0) is 77.0 Å². The van der Waals surface area contributed by atoms with Crippen molar-refractivity contribution in [1.82, 2.24) is 5.32 Å². The van der Waals surface area contributed by atoms with E-state index in [9.17, 15) is 19.8 Å². The predicted molar refractivity (Wildman–Crippen MR) is 296 cm³/mol. The van der Waals surface area contributed by atoms with E-state index in [0.29, 0.717) is 25.9 Å². The Labute approximate surface area is 424 Å². The Hall–Kier alpha value is -1.66. The molecule has 402 valence electrons. The number of carbonyl (C=O) groups excluding carboxylic acids is 2. The van der Waals surface area contributed by atoms with Gasteiger partial charge in [-0.2, -0.15) is 0 Å². The number of allylic oxidation sites excluding steroid dienone is 4. The number of esters is 1. The van der Waals surface area contributed by atoms with Gasteiger partial charge in [0.05, 0.1) is 25.4 Å². The molecule has 6 heteroatoms. The molecule has 0 heterocycles. The molecule has 0 fully saturated rings. The van der Waals surface area contributed by atoms with E-state index in [4.69, 9.17) is 4.74 Å². The molecule has 1 amide bonds. The predicted octanol–water partition coefficient (Wildman–Crippen LogP) is 19.0. The molecule has 0 aromatic heterocycles. The van der Waals surface area contributed by atoms with Crippen molar-refractivity contribution in [3.63, 3.8) is 0 Å². The Balaban J connectivity index is 3.35. The fraction of sp³-hybridized carbons (Fsp3) is 0.903. The van der Waals surface area contributed by atoms with Crippen LogP contribution in [0.4, 0.5) is 0 Å². The van der Waals surface area contributed by atoms with Crippen LogP contribution < -0.4 is 5.32 Å². The van der Waals surface area contributed by atoms with E-state index in [0.717, 1.165) is 44.9 Å². The molecule has 0 bridgehead atoms. The number of hydrogen-bond donors (Lipinski definition) is 3. The highest BCUT2D eigenvalue weighted by molar-refractivity contribution is 5.76. The van der Waals surface area contributed by atoms with Crippen LogP contribution in [0, 0.1) is 0 Å². The second-order valence-corrected chi connectivity index (χ2v) is 21.0. The topological polar surface area (TPSA) is 95.9 Å². The molecule has 0 saturated carbocycles. The van der Waals surface area contributed by atoms with Gasteiger partial charge in [0.25, 0.3) is 0 Å². The summed E-state index contributed by atoms with van der Waals surface area (Å²) in [5.41, 5.74) is 0. The van der Waals surface area contributed by atoms with E-state index in [1.807, 2.05) is 0 Å². The van der Waals surface area contributed by atoms with Crippen LogP contribution in [0.25, 0.3) is 0 Å². The van der Waals surface area contributed by atoms with Gasteiger partial charge in [0, 0.05) is 12.8 Å². The van der Waals surface area contributed by atoms with Gasteiger partial charge in [-0.15, -0.1) is 0 Å². The second kappa shape index (κ2) is 57.9. The maximum Gasteiger partial charge on any atom is 0.305 e. The minimum atomic E-state index is -0.662. The normalized spacial score (nSPS) is 12.7. The lowest BCUT2D eigenvalue weighted by Gasteiger charge is -2.22. The molecular formula is C62H119NO5. The van der Waals surface area contributed by atoms with Crippen LogP contribution in [0.5, 0.6) is 0 Å². The molecule has 68 heavy (non-hydrogen) atoms. The van der Waals surface area contributed by atoms with Gasteiger partial charge in [-0.1, -0.05) is 269 Å². The van der Waals surface area contributed by atoms with Crippen molar-refractivity contribution in [3.05, 3.63) is 24.3 Å². The van der Waals surface area contributed by atoms with Gasteiger partial charge >= 0.3 is 5.97 Å². The molecule has 0 radical (unpaired) electrons. The summed E-state index contributed by atoms with van der Waals surface area (Å²) < 4.78 is 5.47. The van der Waals surface area contributed by atoms with Gasteiger partial charge in [0.1, 0.15) is 0 Å². The van der Waals surface area contributed by atoms with Crippen molar-refractivity contribution in [2.24, 2.45) is 0 Å². The van der Waals surface area contributed by atoms with E-state index < -0.39 is 12.1 Å². The van der Waals surface area contributed by atoms with Crippen LogP contribution in [0.3, 0.4) is 0 Å². The summed E-state index contributed by atoms with van der Waals surface area (Å²) in [6.07, 6.45) is 70.6. The molecule has 0 aliphatic carbocycles. The molecule has 0 aliphatic heterocycles. The van der Waals surface area contributed by atoms with Gasteiger partial charge in [-0.25, -0.2) is 0 Å². The Morgan fingerprint density at radius 3 is 1.06 bits per heavy atom. The minimum absolute atomic E-state index is 0.00659. The summed E-state index contributed by atoms with van der Waals surface area (Å²) in [6.45, 7) is 4.93. The van der Waals surface area contributed by atoms with Gasteiger partial charge in [0.15, 0.2) is 0 Å². The first-order valence-corrected chi connectivity index (χ1v) is 30.6. The van der Waals surface area contributed by atoms with Crippen LogP contribution in [-0.4, -0.2) is 47.4 Å². The molecule has 2 atom stereocenters. The van der Waals surface area contributed by atoms with Crippen molar-refractivity contribution in [2.75, 3.05) is 13.2 Å². The number of ether oxygens (including phenoxy) is 1. The highest BCUT2D eigenvalue weighted by Crippen LogP contribution is 2.17. The largest absolute Gasteiger partial charge is 0.466 e. The van der Waals surface area contributed by atoms with Gasteiger partial charge in [0.2, 0.25) is 5.91 Å². The summed E-state index contributed by atoms with van der Waals surface area (Å²) in [5, 5.41) is 23.2. The third-order valence-corrected chi connectivity index (χ3v) is 14.2. The number of rotatable bonds is 57. The van der Waals surface area contributed by atoms with E-state index in [1.54, 1.807) is 0 Å². The average molecular weight is 959 g/mol. The zero-order valence-corrected chi connectivity index (χ0v) is 45.9. The molecule has 0 rings (SSSR count). The summed E-state index contributed by atoms with van der Waals surface area (Å²) in [6, 6.07) is -0.539. The number of carbonyl (C=O) groups is 2. The molecule has 0 aromatic carbocycles. The zero-order valence-electron chi connectivity index (χ0n) is 45.9. The molecule has 0 aromatic rings. The van der Waals surface area contributed by atoms with Crippen LogP contribution in [0.15, 0.2) is 24.3 Å². The summed E-state index contributed by atoms with van der Waals surface area (Å²) in [7, 11) is 0. The molecule has 0 saturated heterocycles. The molecular weight excluding hydrogens is 839 g/mol. The lowest BCUT2D eigenvalue weighted by Crippen LogP contribution is -2.45. The van der Waals surface area contributed by atoms with Crippen molar-refractivity contribution in [2.45, 2.75) is 347 Å². The Bertz CT molecular complexity index is 1060. The van der Waals surface area contributed by atoms with E-state index in [2.05, 4.69) is 43.5 Å². The first kappa shape index (κ1) is 66.3. The van der Waals surface area contributed by atoms with Crippen molar-refractivity contribution < 1.29 is 24.5 Å². The third-order valence-electron chi connectivity index (χ3n) is 14.2. The SMILES string of the molecule is CCCCCC/C=C\CCCCCCCC(=O)OCCCCCCCCCCCCCC/C=C\CCCCCCCCCCCCCCC(=O)NC(CO)C(O)CCCCCCCCCCCC. The lowest BCUT2D eigenvalue weighted by atomic mass is 10.0. The molecule has 6 nitrogen and oxygen atoms in total. The molecule has 0 aliphatic rings. The fourth-order valence-electron chi connectivity index (χ4n) is 9.51. The summed E-state index contributed by atoms with van der Waals surface area (Å²) >= 11 is 0. The third kappa shape index (κ3) is 53.7.